The second kappa shape index (κ2) is 9.51. The summed E-state index contributed by atoms with van der Waals surface area (Å²) in [6, 6.07) is 6.06. The van der Waals surface area contributed by atoms with Crippen molar-refractivity contribution >= 4 is 5.91 Å². The number of phenolic OH excluding ortho intramolecular Hbond substituents is 1. The third-order valence-electron chi connectivity index (χ3n) is 6.61. The van der Waals surface area contributed by atoms with E-state index in [0.29, 0.717) is 11.3 Å². The molecule has 1 aromatic heterocycles. The lowest BCUT2D eigenvalue weighted by Crippen LogP contribution is -2.37. The summed E-state index contributed by atoms with van der Waals surface area (Å²) in [4.78, 5) is 14.6. The van der Waals surface area contributed by atoms with Crippen LogP contribution >= 0.6 is 0 Å². The predicted molar refractivity (Wildman–Crippen MR) is 134 cm³/mol. The van der Waals surface area contributed by atoms with Crippen LogP contribution in [-0.4, -0.2) is 53.3 Å². The first-order valence-electron chi connectivity index (χ1n) is 12.0. The fourth-order valence-electron chi connectivity index (χ4n) is 4.62. The Bertz CT molecular complexity index is 968. The number of hydrogen-bond donors (Lipinski definition) is 2. The summed E-state index contributed by atoms with van der Waals surface area (Å²) < 4.78 is 7.67. The van der Waals surface area contributed by atoms with Crippen LogP contribution in [0.2, 0.25) is 0 Å². The maximum Gasteiger partial charge on any atom is 0.250 e. The SMILES string of the molecule is Cc1c(C(N)=O)cc(-c2cc(C(C)(C)C)c(O)c(C(C)(C)C)c2)n1CCCN1CCOCC1. The Balaban J connectivity index is 2.07. The van der Waals surface area contributed by atoms with Crippen molar-refractivity contribution in [3.8, 4) is 17.0 Å². The normalized spacial score (nSPS) is 15.7. The first kappa shape index (κ1) is 25.3. The number of nitrogens with two attached hydrogens (primary N) is 1. The number of rotatable bonds is 6. The van der Waals surface area contributed by atoms with Gasteiger partial charge in [0.15, 0.2) is 0 Å². The molecule has 3 rings (SSSR count). The molecule has 1 aliphatic rings. The van der Waals surface area contributed by atoms with Crippen molar-refractivity contribution in [2.24, 2.45) is 5.73 Å². The van der Waals surface area contributed by atoms with E-state index >= 15 is 0 Å². The van der Waals surface area contributed by atoms with Gasteiger partial charge >= 0.3 is 0 Å². The predicted octanol–water partition coefficient (Wildman–Crippen LogP) is 4.59. The Kier molecular flexibility index (Phi) is 7.30. The van der Waals surface area contributed by atoms with Crippen LogP contribution in [0.25, 0.3) is 11.3 Å². The van der Waals surface area contributed by atoms with Crippen molar-refractivity contribution in [3.63, 3.8) is 0 Å². The molecule has 0 unspecified atom stereocenters. The summed E-state index contributed by atoms with van der Waals surface area (Å²) in [7, 11) is 0. The Morgan fingerprint density at radius 1 is 1.00 bits per heavy atom. The standard InChI is InChI=1S/C27H41N3O3/c1-18-20(25(28)32)17-23(30(18)10-8-9-29-11-13-33-14-12-29)19-15-21(26(2,3)4)24(31)22(16-19)27(5,6)7/h15-17,31H,8-14H2,1-7H3,(H2,28,32). The molecular weight excluding hydrogens is 414 g/mol. The number of aromatic nitrogens is 1. The lowest BCUT2D eigenvalue weighted by Gasteiger charge is -2.29. The maximum atomic E-state index is 12.2. The zero-order valence-corrected chi connectivity index (χ0v) is 21.4. The average molecular weight is 456 g/mol. The highest BCUT2D eigenvalue weighted by atomic mass is 16.5. The minimum atomic E-state index is -0.411. The molecule has 2 aromatic rings. The van der Waals surface area contributed by atoms with Gasteiger partial charge in [-0.1, -0.05) is 41.5 Å². The monoisotopic (exact) mass is 455 g/mol. The number of ether oxygens (including phenoxy) is 1. The van der Waals surface area contributed by atoms with Crippen molar-refractivity contribution < 1.29 is 14.6 Å². The van der Waals surface area contributed by atoms with Gasteiger partial charge in [0, 0.05) is 48.7 Å². The van der Waals surface area contributed by atoms with Gasteiger partial charge in [-0.2, -0.15) is 0 Å². The quantitative estimate of drug-likeness (QED) is 0.668. The zero-order chi connectivity index (χ0) is 24.6. The van der Waals surface area contributed by atoms with Gasteiger partial charge in [0.1, 0.15) is 5.75 Å². The Morgan fingerprint density at radius 3 is 2.03 bits per heavy atom. The number of carbonyl (C=O) groups excluding carboxylic acids is 1. The van der Waals surface area contributed by atoms with Gasteiger partial charge < -0.3 is 20.1 Å². The number of nitrogens with zero attached hydrogens (tertiary/aromatic N) is 2. The van der Waals surface area contributed by atoms with Crippen LogP contribution in [0.4, 0.5) is 0 Å². The third kappa shape index (κ3) is 5.61. The smallest absolute Gasteiger partial charge is 0.250 e. The lowest BCUT2D eigenvalue weighted by atomic mass is 9.78. The summed E-state index contributed by atoms with van der Waals surface area (Å²) in [5.74, 6) is -0.0532. The first-order valence-corrected chi connectivity index (χ1v) is 12.0. The van der Waals surface area contributed by atoms with Crippen molar-refractivity contribution in [1.82, 2.24) is 9.47 Å². The molecule has 1 amide bonds. The Morgan fingerprint density at radius 2 is 1.55 bits per heavy atom. The van der Waals surface area contributed by atoms with E-state index in [1.807, 2.05) is 13.0 Å². The van der Waals surface area contributed by atoms with Crippen LogP contribution in [0.1, 0.15) is 75.1 Å². The van der Waals surface area contributed by atoms with Crippen molar-refractivity contribution in [2.75, 3.05) is 32.8 Å². The van der Waals surface area contributed by atoms with Gasteiger partial charge in [-0.05, 0) is 47.9 Å². The molecule has 6 heteroatoms. The molecule has 3 N–H and O–H groups in total. The molecule has 0 radical (unpaired) electrons. The van der Waals surface area contributed by atoms with E-state index in [1.54, 1.807) is 0 Å². The lowest BCUT2D eigenvalue weighted by molar-refractivity contribution is 0.0369. The van der Waals surface area contributed by atoms with Crippen LogP contribution < -0.4 is 5.73 Å². The van der Waals surface area contributed by atoms with Gasteiger partial charge in [-0.3, -0.25) is 9.69 Å². The van der Waals surface area contributed by atoms with Crippen molar-refractivity contribution in [2.45, 2.75) is 72.3 Å². The third-order valence-corrected chi connectivity index (χ3v) is 6.61. The van der Waals surface area contributed by atoms with E-state index in [0.717, 1.165) is 73.9 Å². The fraction of sp³-hybridized carbons (Fsp3) is 0.593. The molecule has 2 heterocycles. The molecule has 0 atom stereocenters. The fourth-order valence-corrected chi connectivity index (χ4v) is 4.62. The minimum Gasteiger partial charge on any atom is -0.507 e. The molecule has 1 aliphatic heterocycles. The molecule has 1 saturated heterocycles. The largest absolute Gasteiger partial charge is 0.507 e. The van der Waals surface area contributed by atoms with E-state index < -0.39 is 5.91 Å². The zero-order valence-electron chi connectivity index (χ0n) is 21.4. The second-order valence-corrected chi connectivity index (χ2v) is 11.3. The number of carbonyl (C=O) groups is 1. The molecule has 6 nitrogen and oxygen atoms in total. The van der Waals surface area contributed by atoms with E-state index in [9.17, 15) is 9.90 Å². The molecule has 182 valence electrons. The first-order chi connectivity index (χ1) is 15.3. The van der Waals surface area contributed by atoms with Crippen molar-refractivity contribution in [1.29, 1.82) is 0 Å². The molecular formula is C27H41N3O3. The van der Waals surface area contributed by atoms with Crippen molar-refractivity contribution in [3.05, 3.63) is 40.6 Å². The molecule has 0 spiro atoms. The van der Waals surface area contributed by atoms with Gasteiger partial charge in [-0.15, -0.1) is 0 Å². The highest BCUT2D eigenvalue weighted by molar-refractivity contribution is 5.95. The molecule has 0 saturated carbocycles. The Hall–Kier alpha value is -2.31. The topological polar surface area (TPSA) is 80.7 Å². The molecule has 1 fully saturated rings. The van der Waals surface area contributed by atoms with E-state index in [4.69, 9.17) is 10.5 Å². The number of morpholine rings is 1. The average Bonchev–Trinajstić information content (AvgIpc) is 3.04. The number of aromatic hydroxyl groups is 1. The molecule has 1 aromatic carbocycles. The highest BCUT2D eigenvalue weighted by Gasteiger charge is 2.28. The van der Waals surface area contributed by atoms with Gasteiger partial charge in [0.2, 0.25) is 0 Å². The summed E-state index contributed by atoms with van der Waals surface area (Å²) in [6.45, 7) is 19.9. The summed E-state index contributed by atoms with van der Waals surface area (Å²) in [5, 5.41) is 11.1. The summed E-state index contributed by atoms with van der Waals surface area (Å²) in [5.41, 5.74) is 10.5. The number of phenols is 1. The number of hydrogen-bond acceptors (Lipinski definition) is 4. The second-order valence-electron chi connectivity index (χ2n) is 11.3. The minimum absolute atomic E-state index is 0.227. The van der Waals surface area contributed by atoms with Crippen LogP contribution in [0.3, 0.4) is 0 Å². The van der Waals surface area contributed by atoms with Gasteiger partial charge in [0.25, 0.3) is 5.91 Å². The van der Waals surface area contributed by atoms with E-state index in [2.05, 4.69) is 63.1 Å². The maximum absolute atomic E-state index is 12.2. The van der Waals surface area contributed by atoms with Crippen LogP contribution in [0.5, 0.6) is 5.75 Å². The van der Waals surface area contributed by atoms with E-state index in [-0.39, 0.29) is 10.8 Å². The van der Waals surface area contributed by atoms with Crippen LogP contribution in [0.15, 0.2) is 18.2 Å². The highest BCUT2D eigenvalue weighted by Crippen LogP contribution is 2.42. The Labute approximate surface area is 198 Å². The van der Waals surface area contributed by atoms with E-state index in [1.165, 1.54) is 0 Å². The summed E-state index contributed by atoms with van der Waals surface area (Å²) >= 11 is 0. The number of amides is 1. The summed E-state index contributed by atoms with van der Waals surface area (Å²) in [6.07, 6.45) is 0.969. The number of benzene rings is 1. The molecule has 0 aliphatic carbocycles. The molecule has 33 heavy (non-hydrogen) atoms. The van der Waals surface area contributed by atoms with Crippen LogP contribution in [-0.2, 0) is 22.1 Å². The number of primary amides is 1. The van der Waals surface area contributed by atoms with Crippen LogP contribution in [0, 0.1) is 6.92 Å². The van der Waals surface area contributed by atoms with Gasteiger partial charge in [0.05, 0.1) is 18.8 Å². The molecule has 0 bridgehead atoms. The van der Waals surface area contributed by atoms with Gasteiger partial charge in [-0.25, -0.2) is 0 Å².